The van der Waals surface area contributed by atoms with E-state index in [-0.39, 0.29) is 5.92 Å². The first-order chi connectivity index (χ1) is 8.69. The summed E-state index contributed by atoms with van der Waals surface area (Å²) in [7, 11) is 0. The Labute approximate surface area is 109 Å². The van der Waals surface area contributed by atoms with E-state index in [1.807, 2.05) is 10.9 Å². The Balaban J connectivity index is 1.76. The van der Waals surface area contributed by atoms with Crippen molar-refractivity contribution in [2.45, 2.75) is 39.2 Å². The van der Waals surface area contributed by atoms with Gasteiger partial charge in [0.2, 0.25) is 0 Å². The first-order valence-corrected chi connectivity index (χ1v) is 6.83. The summed E-state index contributed by atoms with van der Waals surface area (Å²) >= 11 is 0. The number of hydrogen-bond acceptors (Lipinski definition) is 3. The molecule has 0 saturated carbocycles. The molecule has 98 valence electrons. The van der Waals surface area contributed by atoms with Crippen LogP contribution in [0, 0.1) is 17.2 Å². The average molecular weight is 246 g/mol. The van der Waals surface area contributed by atoms with Crippen LogP contribution in [-0.4, -0.2) is 34.3 Å². The number of rotatable bonds is 4. The van der Waals surface area contributed by atoms with Gasteiger partial charge in [-0.05, 0) is 37.4 Å². The van der Waals surface area contributed by atoms with Crippen LogP contribution in [0.2, 0.25) is 0 Å². The Kier molecular flexibility index (Phi) is 4.38. The second-order valence-electron chi connectivity index (χ2n) is 5.44. The van der Waals surface area contributed by atoms with Gasteiger partial charge in [-0.1, -0.05) is 13.8 Å². The molecule has 1 aliphatic heterocycles. The van der Waals surface area contributed by atoms with Gasteiger partial charge in [0, 0.05) is 18.7 Å². The molecule has 0 spiro atoms. The Morgan fingerprint density at radius 1 is 1.39 bits per heavy atom. The van der Waals surface area contributed by atoms with Gasteiger partial charge in [0.25, 0.3) is 0 Å². The fourth-order valence-electron chi connectivity index (χ4n) is 2.33. The second-order valence-corrected chi connectivity index (χ2v) is 5.44. The number of likely N-dealkylation sites (tertiary alicyclic amines) is 1. The van der Waals surface area contributed by atoms with Crippen LogP contribution < -0.4 is 0 Å². The molecule has 1 saturated heterocycles. The summed E-state index contributed by atoms with van der Waals surface area (Å²) in [5, 5.41) is 13.2. The van der Waals surface area contributed by atoms with Crippen molar-refractivity contribution in [2.24, 2.45) is 5.92 Å². The van der Waals surface area contributed by atoms with E-state index in [4.69, 9.17) is 5.26 Å². The lowest BCUT2D eigenvalue weighted by Gasteiger charge is -2.28. The van der Waals surface area contributed by atoms with Crippen molar-refractivity contribution >= 4 is 0 Å². The lowest BCUT2D eigenvalue weighted by molar-refractivity contribution is 0.196. The zero-order chi connectivity index (χ0) is 13.0. The van der Waals surface area contributed by atoms with Gasteiger partial charge in [0.15, 0.2) is 0 Å². The highest BCUT2D eigenvalue weighted by Crippen LogP contribution is 2.16. The van der Waals surface area contributed by atoms with Gasteiger partial charge < -0.3 is 4.90 Å². The molecular formula is C14H22N4. The van der Waals surface area contributed by atoms with Crippen LogP contribution >= 0.6 is 0 Å². The molecule has 4 nitrogen and oxygen atoms in total. The minimum atomic E-state index is 0.276. The quantitative estimate of drug-likeness (QED) is 0.818. The van der Waals surface area contributed by atoms with Crippen molar-refractivity contribution in [1.29, 1.82) is 5.26 Å². The molecule has 1 aliphatic rings. The molecule has 1 fully saturated rings. The summed E-state index contributed by atoms with van der Waals surface area (Å²) in [6.45, 7) is 8.47. The largest absolute Gasteiger partial charge is 0.301 e. The van der Waals surface area contributed by atoms with Crippen LogP contribution in [0.5, 0.6) is 0 Å². The SMILES string of the molecule is CC(C)c1cnn(CCN2CCC(C#N)CC2)c1. The molecule has 0 atom stereocenters. The first kappa shape index (κ1) is 13.1. The zero-order valence-electron chi connectivity index (χ0n) is 11.3. The molecule has 1 aromatic rings. The molecule has 0 radical (unpaired) electrons. The van der Waals surface area contributed by atoms with Crippen LogP contribution in [-0.2, 0) is 6.54 Å². The summed E-state index contributed by atoms with van der Waals surface area (Å²) in [6.07, 6.45) is 6.15. The molecule has 0 N–H and O–H groups in total. The Hall–Kier alpha value is -1.34. The van der Waals surface area contributed by atoms with Gasteiger partial charge in [-0.25, -0.2) is 0 Å². The predicted octanol–water partition coefficient (Wildman–Crippen LogP) is 2.24. The Morgan fingerprint density at radius 3 is 2.67 bits per heavy atom. The van der Waals surface area contributed by atoms with Gasteiger partial charge >= 0.3 is 0 Å². The van der Waals surface area contributed by atoms with E-state index in [2.05, 4.69) is 36.1 Å². The molecule has 0 aliphatic carbocycles. The maximum atomic E-state index is 8.86. The third-order valence-electron chi connectivity index (χ3n) is 3.74. The molecular weight excluding hydrogens is 224 g/mol. The van der Waals surface area contributed by atoms with Gasteiger partial charge in [0.1, 0.15) is 0 Å². The molecule has 1 aromatic heterocycles. The molecule has 0 unspecified atom stereocenters. The summed E-state index contributed by atoms with van der Waals surface area (Å²) < 4.78 is 2.03. The zero-order valence-corrected chi connectivity index (χ0v) is 11.3. The highest BCUT2D eigenvalue weighted by Gasteiger charge is 2.18. The fraction of sp³-hybridized carbons (Fsp3) is 0.714. The number of hydrogen-bond donors (Lipinski definition) is 0. The van der Waals surface area contributed by atoms with Crippen molar-refractivity contribution in [3.8, 4) is 6.07 Å². The van der Waals surface area contributed by atoms with Crippen LogP contribution in [0.4, 0.5) is 0 Å². The molecule has 2 heterocycles. The van der Waals surface area contributed by atoms with E-state index < -0.39 is 0 Å². The molecule has 2 rings (SSSR count). The third-order valence-corrected chi connectivity index (χ3v) is 3.74. The number of piperidine rings is 1. The lowest BCUT2D eigenvalue weighted by Crippen LogP contribution is -2.35. The standard InChI is InChI=1S/C14H22N4/c1-12(2)14-10-16-18(11-14)8-7-17-5-3-13(9-15)4-6-17/h10-13H,3-8H2,1-2H3. The van der Waals surface area contributed by atoms with E-state index in [1.54, 1.807) is 0 Å². The highest BCUT2D eigenvalue weighted by molar-refractivity contribution is 5.08. The first-order valence-electron chi connectivity index (χ1n) is 6.83. The average Bonchev–Trinajstić information content (AvgIpc) is 2.86. The topological polar surface area (TPSA) is 44.9 Å². The van der Waals surface area contributed by atoms with Crippen molar-refractivity contribution < 1.29 is 0 Å². The molecule has 0 amide bonds. The van der Waals surface area contributed by atoms with Gasteiger partial charge in [-0.3, -0.25) is 4.68 Å². The number of nitrogens with zero attached hydrogens (tertiary/aromatic N) is 4. The summed E-state index contributed by atoms with van der Waals surface area (Å²) in [5.41, 5.74) is 1.30. The minimum Gasteiger partial charge on any atom is -0.301 e. The van der Waals surface area contributed by atoms with Crippen LogP contribution in [0.25, 0.3) is 0 Å². The predicted molar refractivity (Wildman–Crippen MR) is 71.1 cm³/mol. The molecule has 0 bridgehead atoms. The molecule has 0 aromatic carbocycles. The lowest BCUT2D eigenvalue weighted by atomic mass is 9.99. The third kappa shape index (κ3) is 3.33. The van der Waals surface area contributed by atoms with Crippen molar-refractivity contribution in [3.63, 3.8) is 0 Å². The van der Waals surface area contributed by atoms with E-state index in [9.17, 15) is 0 Å². The Morgan fingerprint density at radius 2 is 2.11 bits per heavy atom. The van der Waals surface area contributed by atoms with Crippen LogP contribution in [0.3, 0.4) is 0 Å². The summed E-state index contributed by atoms with van der Waals surface area (Å²) in [4.78, 5) is 2.44. The second kappa shape index (κ2) is 6.01. The monoisotopic (exact) mass is 246 g/mol. The van der Waals surface area contributed by atoms with E-state index in [0.29, 0.717) is 5.92 Å². The van der Waals surface area contributed by atoms with Crippen molar-refractivity contribution in [3.05, 3.63) is 18.0 Å². The Bertz CT molecular complexity index is 408. The smallest absolute Gasteiger partial charge is 0.0656 e. The number of aromatic nitrogens is 2. The molecule has 18 heavy (non-hydrogen) atoms. The summed E-state index contributed by atoms with van der Waals surface area (Å²) in [5.74, 6) is 0.823. The van der Waals surface area contributed by atoms with E-state index >= 15 is 0 Å². The van der Waals surface area contributed by atoms with Crippen molar-refractivity contribution in [2.75, 3.05) is 19.6 Å². The number of nitriles is 1. The van der Waals surface area contributed by atoms with E-state index in [1.165, 1.54) is 5.56 Å². The highest BCUT2D eigenvalue weighted by atomic mass is 15.3. The van der Waals surface area contributed by atoms with Crippen LogP contribution in [0.15, 0.2) is 12.4 Å². The molecule has 4 heteroatoms. The van der Waals surface area contributed by atoms with Gasteiger partial charge in [-0.2, -0.15) is 10.4 Å². The van der Waals surface area contributed by atoms with Gasteiger partial charge in [-0.15, -0.1) is 0 Å². The maximum Gasteiger partial charge on any atom is 0.0656 e. The fourth-order valence-corrected chi connectivity index (χ4v) is 2.33. The van der Waals surface area contributed by atoms with E-state index in [0.717, 1.165) is 39.0 Å². The summed E-state index contributed by atoms with van der Waals surface area (Å²) in [6, 6.07) is 2.37. The van der Waals surface area contributed by atoms with Gasteiger partial charge in [0.05, 0.1) is 18.8 Å². The maximum absolute atomic E-state index is 8.86. The normalized spacial score (nSPS) is 18.1. The van der Waals surface area contributed by atoms with Crippen LogP contribution in [0.1, 0.15) is 38.2 Å². The van der Waals surface area contributed by atoms with Crippen molar-refractivity contribution in [1.82, 2.24) is 14.7 Å². The minimum absolute atomic E-state index is 0.276.